The standard InChI is InChI=1S/C8H12I2O3/c9-7(10)13-8(11)12-6-4-2-1-3-5-6/h6-7H,1-5H2. The van der Waals surface area contributed by atoms with Crippen LogP contribution in [0.15, 0.2) is 0 Å². The van der Waals surface area contributed by atoms with E-state index in [2.05, 4.69) is 0 Å². The minimum absolute atomic E-state index is 0.0906. The van der Waals surface area contributed by atoms with Crippen molar-refractivity contribution in [1.29, 1.82) is 0 Å². The maximum atomic E-state index is 11.1. The van der Waals surface area contributed by atoms with Crippen LogP contribution >= 0.6 is 45.2 Å². The second kappa shape index (κ2) is 6.26. The Morgan fingerprint density at radius 1 is 1.23 bits per heavy atom. The average Bonchev–Trinajstić information content (AvgIpc) is 2.04. The Morgan fingerprint density at radius 2 is 1.85 bits per heavy atom. The Kier molecular flexibility index (Phi) is 5.68. The minimum Gasteiger partial charge on any atom is -0.431 e. The van der Waals surface area contributed by atoms with Crippen LogP contribution in [0.25, 0.3) is 0 Å². The summed E-state index contributed by atoms with van der Waals surface area (Å²) >= 11 is 4.03. The molecule has 0 N–H and O–H groups in total. The third-order valence-corrected chi connectivity index (χ3v) is 2.51. The summed E-state index contributed by atoms with van der Waals surface area (Å²) in [5, 5.41) is 0. The summed E-state index contributed by atoms with van der Waals surface area (Å²) in [7, 11) is 0. The number of hydrogen-bond donors (Lipinski definition) is 0. The zero-order valence-corrected chi connectivity index (χ0v) is 11.5. The molecule has 5 heteroatoms. The minimum atomic E-state index is -0.527. The van der Waals surface area contributed by atoms with Gasteiger partial charge in [-0.2, -0.15) is 0 Å². The van der Waals surface area contributed by atoms with Crippen LogP contribution in [0.4, 0.5) is 4.79 Å². The summed E-state index contributed by atoms with van der Waals surface area (Å²) in [6, 6.07) is 0. The Labute approximate surface area is 105 Å². The van der Waals surface area contributed by atoms with Gasteiger partial charge in [0.15, 0.2) is 0 Å². The fourth-order valence-corrected chi connectivity index (χ4v) is 1.83. The Hall–Kier alpha value is 0.730. The molecule has 0 aromatic carbocycles. The zero-order valence-electron chi connectivity index (χ0n) is 7.17. The van der Waals surface area contributed by atoms with Crippen LogP contribution in [0.5, 0.6) is 0 Å². The molecule has 0 atom stereocenters. The summed E-state index contributed by atoms with van der Waals surface area (Å²) in [6.45, 7) is 0. The lowest BCUT2D eigenvalue weighted by Gasteiger charge is -2.21. The molecule has 0 radical (unpaired) electrons. The molecule has 0 aliphatic heterocycles. The van der Waals surface area contributed by atoms with Gasteiger partial charge in [-0.15, -0.1) is 0 Å². The van der Waals surface area contributed by atoms with Gasteiger partial charge in [0.2, 0.25) is 2.12 Å². The van der Waals surface area contributed by atoms with Gasteiger partial charge in [0.25, 0.3) is 0 Å². The first-order valence-corrected chi connectivity index (χ1v) is 6.83. The number of carbonyl (C=O) groups is 1. The molecule has 0 saturated heterocycles. The third kappa shape index (κ3) is 5.24. The van der Waals surface area contributed by atoms with Gasteiger partial charge in [0, 0.05) is 0 Å². The second-order valence-electron chi connectivity index (χ2n) is 3.01. The molecule has 76 valence electrons. The van der Waals surface area contributed by atoms with E-state index in [4.69, 9.17) is 9.47 Å². The predicted octanol–water partition coefficient (Wildman–Crippen LogP) is 3.63. The van der Waals surface area contributed by atoms with Crippen LogP contribution < -0.4 is 0 Å². The maximum Gasteiger partial charge on any atom is 0.510 e. The molecule has 0 bridgehead atoms. The van der Waals surface area contributed by atoms with E-state index in [9.17, 15) is 4.79 Å². The van der Waals surface area contributed by atoms with Gasteiger partial charge in [0.1, 0.15) is 6.10 Å². The van der Waals surface area contributed by atoms with E-state index >= 15 is 0 Å². The molecule has 0 unspecified atom stereocenters. The molecule has 1 aliphatic carbocycles. The van der Waals surface area contributed by atoms with Crippen molar-refractivity contribution in [3.8, 4) is 0 Å². The molecule has 0 spiro atoms. The van der Waals surface area contributed by atoms with E-state index in [0.717, 1.165) is 25.7 Å². The van der Waals surface area contributed by atoms with Crippen molar-refractivity contribution < 1.29 is 14.3 Å². The first kappa shape index (κ1) is 11.8. The van der Waals surface area contributed by atoms with Crippen molar-refractivity contribution in [2.75, 3.05) is 0 Å². The van der Waals surface area contributed by atoms with Crippen LogP contribution in [-0.2, 0) is 9.47 Å². The van der Waals surface area contributed by atoms with E-state index < -0.39 is 6.16 Å². The summed E-state index contributed by atoms with van der Waals surface area (Å²) in [5.74, 6) is 0. The van der Waals surface area contributed by atoms with Gasteiger partial charge in [-0.05, 0) is 70.9 Å². The second-order valence-corrected chi connectivity index (χ2v) is 7.65. The van der Waals surface area contributed by atoms with Gasteiger partial charge in [-0.3, -0.25) is 0 Å². The quantitative estimate of drug-likeness (QED) is 0.397. The Morgan fingerprint density at radius 3 is 2.38 bits per heavy atom. The number of ether oxygens (including phenoxy) is 2. The molecule has 0 aromatic rings. The molecular weight excluding hydrogens is 398 g/mol. The summed E-state index contributed by atoms with van der Waals surface area (Å²) in [5.41, 5.74) is 0. The molecule has 1 saturated carbocycles. The smallest absolute Gasteiger partial charge is 0.431 e. The van der Waals surface area contributed by atoms with Crippen molar-refractivity contribution in [3.05, 3.63) is 0 Å². The maximum absolute atomic E-state index is 11.1. The molecule has 1 fully saturated rings. The summed E-state index contributed by atoms with van der Waals surface area (Å²) in [4.78, 5) is 11.1. The van der Waals surface area contributed by atoms with Crippen LogP contribution in [-0.4, -0.2) is 14.4 Å². The lowest BCUT2D eigenvalue weighted by atomic mass is 9.98. The highest BCUT2D eigenvalue weighted by atomic mass is 127. The van der Waals surface area contributed by atoms with Crippen molar-refractivity contribution in [2.24, 2.45) is 0 Å². The monoisotopic (exact) mass is 410 g/mol. The van der Waals surface area contributed by atoms with Gasteiger partial charge >= 0.3 is 6.16 Å². The molecule has 1 aliphatic rings. The van der Waals surface area contributed by atoms with E-state index in [-0.39, 0.29) is 8.22 Å². The topological polar surface area (TPSA) is 35.5 Å². The highest BCUT2D eigenvalue weighted by Crippen LogP contribution is 2.21. The lowest BCUT2D eigenvalue weighted by Crippen LogP contribution is -2.22. The number of hydrogen-bond acceptors (Lipinski definition) is 3. The van der Waals surface area contributed by atoms with E-state index in [1.165, 1.54) is 6.42 Å². The fraction of sp³-hybridized carbons (Fsp3) is 0.875. The van der Waals surface area contributed by atoms with Crippen LogP contribution in [0.1, 0.15) is 32.1 Å². The molecule has 13 heavy (non-hydrogen) atoms. The molecule has 3 nitrogen and oxygen atoms in total. The normalized spacial score (nSPS) is 18.7. The molecule has 1 rings (SSSR count). The highest BCUT2D eigenvalue weighted by Gasteiger charge is 2.19. The van der Waals surface area contributed by atoms with Gasteiger partial charge in [-0.25, -0.2) is 4.79 Å². The average molecular weight is 410 g/mol. The number of alkyl halides is 2. The number of rotatable bonds is 2. The summed E-state index contributed by atoms with van der Waals surface area (Å²) < 4.78 is 9.85. The molecular formula is C8H12I2O3. The molecule has 0 aromatic heterocycles. The predicted molar refractivity (Wildman–Crippen MR) is 66.3 cm³/mol. The van der Waals surface area contributed by atoms with Crippen molar-refractivity contribution in [1.82, 2.24) is 0 Å². The van der Waals surface area contributed by atoms with Gasteiger partial charge in [-0.1, -0.05) is 6.42 Å². The summed E-state index contributed by atoms with van der Waals surface area (Å²) in [6.07, 6.45) is 5.13. The van der Waals surface area contributed by atoms with Crippen molar-refractivity contribution in [2.45, 2.75) is 40.3 Å². The first-order chi connectivity index (χ1) is 6.18. The first-order valence-electron chi connectivity index (χ1n) is 4.34. The highest BCUT2D eigenvalue weighted by molar-refractivity contribution is 14.2. The third-order valence-electron chi connectivity index (χ3n) is 2.00. The van der Waals surface area contributed by atoms with Crippen LogP contribution in [0, 0.1) is 0 Å². The molecule has 0 heterocycles. The van der Waals surface area contributed by atoms with Crippen molar-refractivity contribution in [3.63, 3.8) is 0 Å². The Bertz CT molecular complexity index is 167. The van der Waals surface area contributed by atoms with Crippen LogP contribution in [0.2, 0.25) is 0 Å². The molecule has 0 amide bonds. The SMILES string of the molecule is O=C(OC(I)I)OC1CCCCC1. The van der Waals surface area contributed by atoms with Crippen LogP contribution in [0.3, 0.4) is 0 Å². The number of halogens is 2. The van der Waals surface area contributed by atoms with Crippen molar-refractivity contribution >= 4 is 51.3 Å². The largest absolute Gasteiger partial charge is 0.510 e. The lowest BCUT2D eigenvalue weighted by molar-refractivity contribution is 0.0198. The Balaban J connectivity index is 2.18. The van der Waals surface area contributed by atoms with Gasteiger partial charge in [0.05, 0.1) is 0 Å². The van der Waals surface area contributed by atoms with E-state index in [1.54, 1.807) is 0 Å². The van der Waals surface area contributed by atoms with E-state index in [1.807, 2.05) is 45.2 Å². The zero-order chi connectivity index (χ0) is 9.68. The number of carbonyl (C=O) groups excluding carboxylic acids is 1. The van der Waals surface area contributed by atoms with Gasteiger partial charge < -0.3 is 9.47 Å². The fourth-order valence-electron chi connectivity index (χ4n) is 1.42. The van der Waals surface area contributed by atoms with E-state index in [0.29, 0.717) is 0 Å².